The fourth-order valence-electron chi connectivity index (χ4n) is 0.300. The molecule has 78 valence electrons. The summed E-state index contributed by atoms with van der Waals surface area (Å²) in [6.07, 6.45) is 0. The van der Waals surface area contributed by atoms with E-state index in [9.17, 15) is 0 Å². The van der Waals surface area contributed by atoms with Crippen LogP contribution in [0, 0.1) is 0 Å². The minimum absolute atomic E-state index is 0. The second-order valence-electron chi connectivity index (χ2n) is 2.95. The van der Waals surface area contributed by atoms with Gasteiger partial charge >= 0.3 is 29.6 Å². The molecule has 0 aromatic rings. The van der Waals surface area contributed by atoms with Gasteiger partial charge in [-0.1, -0.05) is 0 Å². The largest absolute Gasteiger partial charge is 1.00 e. The van der Waals surface area contributed by atoms with E-state index in [2.05, 4.69) is 21.1 Å². The number of hydrogen-bond donors (Lipinski definition) is 2. The molecule has 1 unspecified atom stereocenters. The molecule has 0 fully saturated rings. The first kappa shape index (κ1) is 23.8. The molecule has 0 aromatic carbocycles. The number of nitrogens with zero attached hydrogens (tertiary/aromatic N) is 1. The Labute approximate surface area is 110 Å². The van der Waals surface area contributed by atoms with Crippen LogP contribution in [-0.4, -0.2) is 57.2 Å². The average molecular weight is 244 g/mol. The van der Waals surface area contributed by atoms with Gasteiger partial charge in [-0.3, -0.25) is 0 Å². The Morgan fingerprint density at radius 1 is 1.38 bits per heavy atom. The van der Waals surface area contributed by atoms with Gasteiger partial charge in [-0.15, -0.1) is 0 Å². The summed E-state index contributed by atoms with van der Waals surface area (Å²) in [5.41, 5.74) is 0. The first-order chi connectivity index (χ1) is 4.79. The van der Waals surface area contributed by atoms with Crippen molar-refractivity contribution in [2.45, 2.75) is 0 Å². The number of aliphatic hydroxyl groups excluding tert-OH is 1. The maximum atomic E-state index is 8.56. The predicted molar refractivity (Wildman–Crippen MR) is 41.5 cm³/mol. The van der Waals surface area contributed by atoms with E-state index in [4.69, 9.17) is 18.4 Å². The van der Waals surface area contributed by atoms with Crippen LogP contribution in [0.5, 0.6) is 0 Å². The Morgan fingerprint density at radius 3 is 1.62 bits per heavy atom. The van der Waals surface area contributed by atoms with E-state index < -0.39 is 11.4 Å². The summed E-state index contributed by atoms with van der Waals surface area (Å²) >= 11 is -2.86. The molecule has 13 heavy (non-hydrogen) atoms. The second kappa shape index (κ2) is 13.3. The number of quaternary nitrogens is 1. The first-order valence-corrected chi connectivity index (χ1v) is 4.02. The van der Waals surface area contributed by atoms with Gasteiger partial charge in [-0.25, -0.2) is 4.21 Å². The van der Waals surface area contributed by atoms with Crippen LogP contribution < -0.4 is 42.0 Å². The van der Waals surface area contributed by atoms with Crippen molar-refractivity contribution in [3.05, 3.63) is 0 Å². The Morgan fingerprint density at radius 2 is 1.62 bits per heavy atom. The van der Waals surface area contributed by atoms with E-state index in [1.54, 1.807) is 0 Å². The van der Waals surface area contributed by atoms with Crippen LogP contribution in [0.4, 0.5) is 0 Å². The van der Waals surface area contributed by atoms with Crippen molar-refractivity contribution in [1.29, 1.82) is 0 Å². The number of rotatable bonds is 2. The van der Waals surface area contributed by atoms with Gasteiger partial charge in [0.2, 0.25) is 0 Å². The van der Waals surface area contributed by atoms with Crippen molar-refractivity contribution in [3.63, 3.8) is 0 Å². The topological polar surface area (TPSA) is 80.6 Å². The van der Waals surface area contributed by atoms with E-state index in [-0.39, 0.29) is 48.6 Å². The van der Waals surface area contributed by atoms with E-state index in [0.717, 1.165) is 11.0 Å². The monoisotopic (exact) mass is 243 g/mol. The molecule has 0 rings (SSSR count). The minimum atomic E-state index is -2.86. The maximum absolute atomic E-state index is 8.56. The summed E-state index contributed by atoms with van der Waals surface area (Å²) in [7, 11) is 6.16. The van der Waals surface area contributed by atoms with E-state index >= 15 is 0 Å². The number of hydrogen-bond acceptors (Lipinski definition) is 3. The third kappa shape index (κ3) is 60.6. The molecule has 2 N–H and O–H groups in total. The number of halogens is 1. The summed E-state index contributed by atoms with van der Waals surface area (Å²) in [6.45, 7) is 1.11. The quantitative estimate of drug-likeness (QED) is 0.287. The average Bonchev–Trinajstić information content (AvgIpc) is 1.58. The molecule has 0 amide bonds. The van der Waals surface area contributed by atoms with Crippen LogP contribution in [0.3, 0.4) is 0 Å². The van der Waals surface area contributed by atoms with Gasteiger partial charge in [0.1, 0.15) is 6.54 Å². The summed E-state index contributed by atoms with van der Waals surface area (Å²) < 4.78 is 24.9. The van der Waals surface area contributed by atoms with Gasteiger partial charge in [-0.2, -0.15) is 0 Å². The van der Waals surface area contributed by atoms with E-state index in [0.29, 0.717) is 0 Å². The van der Waals surface area contributed by atoms with Gasteiger partial charge in [-0.05, 0) is 0 Å². The van der Waals surface area contributed by atoms with Crippen LogP contribution in [0.1, 0.15) is 0 Å². The fourth-order valence-corrected chi connectivity index (χ4v) is 0.300. The van der Waals surface area contributed by atoms with Gasteiger partial charge in [0, 0.05) is 0 Å². The van der Waals surface area contributed by atoms with E-state index in [1.165, 1.54) is 0 Å². The molecule has 0 bridgehead atoms. The zero-order valence-electron chi connectivity index (χ0n) is 8.36. The molecule has 0 saturated heterocycles. The van der Waals surface area contributed by atoms with Crippen molar-refractivity contribution >= 4 is 11.4 Å². The minimum Gasteiger partial charge on any atom is -1.00 e. The smallest absolute Gasteiger partial charge is 1.00 e. The van der Waals surface area contributed by atoms with Gasteiger partial charge in [0.25, 0.3) is 0 Å². The summed E-state index contributed by atoms with van der Waals surface area (Å²) in [6, 6.07) is 0. The summed E-state index contributed by atoms with van der Waals surface area (Å²) in [5.74, 6) is 0. The van der Waals surface area contributed by atoms with Crippen LogP contribution in [0.25, 0.3) is 0 Å². The second-order valence-corrected chi connectivity index (χ2v) is 3.39. The Bertz CT molecular complexity index is 118. The standard InChI is InChI=1S/C5H14NO.ClH.Na.H2O3S/c1-6(2,3)4-5-7;;;1-4(2)3/h7H,4-5H2,1-3H3;1H;;(H2,1,2,3)/q+1;;+1;/p-2. The first-order valence-electron chi connectivity index (χ1n) is 2.99. The predicted octanol–water partition coefficient (Wildman–Crippen LogP) is -6.97. The maximum Gasteiger partial charge on any atom is 1.00 e. The Balaban J connectivity index is -0.0000000600. The molecule has 8 heteroatoms. The molecule has 0 aromatic heterocycles. The fraction of sp³-hybridized carbons (Fsp3) is 1.00. The summed E-state index contributed by atoms with van der Waals surface area (Å²) in [5, 5.41) is 8.39. The summed E-state index contributed by atoms with van der Waals surface area (Å²) in [4.78, 5) is 0. The van der Waals surface area contributed by atoms with Crippen LogP contribution in [0.15, 0.2) is 0 Å². The Kier molecular flexibility index (Phi) is 24.3. The van der Waals surface area contributed by atoms with Crippen molar-refractivity contribution in [3.8, 4) is 0 Å². The molecule has 0 radical (unpaired) electrons. The molecule has 0 saturated carbocycles. The molecule has 1 atom stereocenters. The molecular formula is C5H15ClNNaO4S. The van der Waals surface area contributed by atoms with E-state index in [1.807, 2.05) is 0 Å². The van der Waals surface area contributed by atoms with Gasteiger partial charge in [0.05, 0.1) is 39.1 Å². The molecule has 0 aliphatic carbocycles. The number of aliphatic hydroxyl groups is 1. The zero-order chi connectivity index (χ0) is 9.49. The van der Waals surface area contributed by atoms with Crippen LogP contribution in [-0.2, 0) is 11.4 Å². The van der Waals surface area contributed by atoms with Crippen LogP contribution >= 0.6 is 0 Å². The third-order valence-corrected chi connectivity index (χ3v) is 0.771. The molecule has 5 nitrogen and oxygen atoms in total. The van der Waals surface area contributed by atoms with Crippen molar-refractivity contribution in [2.75, 3.05) is 34.3 Å². The molecule has 0 aliphatic rings. The van der Waals surface area contributed by atoms with Crippen LogP contribution in [0.2, 0.25) is 0 Å². The van der Waals surface area contributed by atoms with Gasteiger partial charge < -0.3 is 31.1 Å². The Hall–Kier alpha value is 1.28. The molecule has 0 aliphatic heterocycles. The third-order valence-electron chi connectivity index (χ3n) is 0.771. The molecule has 0 spiro atoms. The molecular weight excluding hydrogens is 229 g/mol. The molecule has 0 heterocycles. The van der Waals surface area contributed by atoms with Crippen molar-refractivity contribution in [2.24, 2.45) is 0 Å². The van der Waals surface area contributed by atoms with Gasteiger partial charge in [0.15, 0.2) is 0 Å². The zero-order valence-corrected chi connectivity index (χ0v) is 11.9. The van der Waals surface area contributed by atoms with Crippen molar-refractivity contribution in [1.82, 2.24) is 0 Å². The normalized spacial score (nSPS) is 11.2. The SMILES string of the molecule is C[N+](C)(C)CCO.O=S([O-])O.[Cl-].[Na+]. The number of likely N-dealkylation sites (N-methyl/N-ethyl adjacent to an activating group) is 1. The van der Waals surface area contributed by atoms with Crippen molar-refractivity contribution < 1.29 is 64.9 Å².